The predicted molar refractivity (Wildman–Crippen MR) is 67.6 cm³/mol. The quantitative estimate of drug-likeness (QED) is 0.854. The van der Waals surface area contributed by atoms with E-state index in [0.29, 0.717) is 25.2 Å². The van der Waals surface area contributed by atoms with Gasteiger partial charge in [-0.25, -0.2) is 8.78 Å². The summed E-state index contributed by atoms with van der Waals surface area (Å²) in [6.07, 6.45) is -2.39. The second-order valence-electron chi connectivity index (χ2n) is 4.98. The second-order valence-corrected chi connectivity index (χ2v) is 4.98. The van der Waals surface area contributed by atoms with Gasteiger partial charge in [0, 0.05) is 11.6 Å². The zero-order valence-corrected chi connectivity index (χ0v) is 11.1. The van der Waals surface area contributed by atoms with Crippen LogP contribution in [0.25, 0.3) is 0 Å². The Morgan fingerprint density at radius 3 is 2.85 bits per heavy atom. The zero-order chi connectivity index (χ0) is 14.8. The third kappa shape index (κ3) is 3.23. The van der Waals surface area contributed by atoms with E-state index in [1.165, 1.54) is 0 Å². The first-order valence-electron chi connectivity index (χ1n) is 6.53. The van der Waals surface area contributed by atoms with Crippen LogP contribution in [0.3, 0.4) is 0 Å². The Hall–Kier alpha value is -1.30. The Labute approximate surface area is 115 Å². The monoisotopic (exact) mass is 291 g/mol. The normalized spacial score (nSPS) is 19.4. The SMILES string of the molecule is Cc1cccc2c1OCCCC2NCC(F)(F)C(F)F. The highest BCUT2D eigenvalue weighted by Crippen LogP contribution is 2.34. The average molecular weight is 291 g/mol. The summed E-state index contributed by atoms with van der Waals surface area (Å²) in [5.74, 6) is -3.35. The molecule has 0 fully saturated rings. The van der Waals surface area contributed by atoms with E-state index in [-0.39, 0.29) is 0 Å². The number of para-hydroxylation sites is 1. The van der Waals surface area contributed by atoms with Gasteiger partial charge in [0.2, 0.25) is 0 Å². The standard InChI is InChI=1S/C14H17F4NO/c1-9-4-2-5-10-11(6-3-7-20-12(9)10)19-8-14(17,18)13(15)16/h2,4-5,11,13,19H,3,6-8H2,1H3. The van der Waals surface area contributed by atoms with Gasteiger partial charge in [-0.1, -0.05) is 18.2 Å². The minimum Gasteiger partial charge on any atom is -0.493 e. The van der Waals surface area contributed by atoms with Crippen molar-refractivity contribution in [1.29, 1.82) is 0 Å². The van der Waals surface area contributed by atoms with Crippen LogP contribution in [0, 0.1) is 6.92 Å². The van der Waals surface area contributed by atoms with Crippen LogP contribution in [-0.2, 0) is 0 Å². The number of rotatable bonds is 4. The number of nitrogens with one attached hydrogen (secondary N) is 1. The van der Waals surface area contributed by atoms with E-state index in [1.54, 1.807) is 6.07 Å². The molecule has 6 heteroatoms. The molecule has 1 heterocycles. The molecule has 2 rings (SSSR count). The Balaban J connectivity index is 2.15. The molecule has 0 aliphatic carbocycles. The summed E-state index contributed by atoms with van der Waals surface area (Å²) < 4.78 is 56.0. The van der Waals surface area contributed by atoms with Crippen LogP contribution in [-0.4, -0.2) is 25.5 Å². The fourth-order valence-electron chi connectivity index (χ4n) is 2.31. The first-order valence-corrected chi connectivity index (χ1v) is 6.53. The molecule has 1 aliphatic heterocycles. The molecule has 112 valence electrons. The van der Waals surface area contributed by atoms with E-state index < -0.39 is 24.9 Å². The second kappa shape index (κ2) is 5.99. The highest BCUT2D eigenvalue weighted by atomic mass is 19.3. The molecule has 0 aromatic heterocycles. The van der Waals surface area contributed by atoms with E-state index in [4.69, 9.17) is 4.74 Å². The maximum atomic E-state index is 13.0. The van der Waals surface area contributed by atoms with Crippen molar-refractivity contribution in [1.82, 2.24) is 5.32 Å². The zero-order valence-electron chi connectivity index (χ0n) is 11.1. The number of ether oxygens (including phenoxy) is 1. The van der Waals surface area contributed by atoms with Crippen LogP contribution < -0.4 is 10.1 Å². The third-order valence-corrected chi connectivity index (χ3v) is 3.40. The van der Waals surface area contributed by atoms with Gasteiger partial charge in [-0.3, -0.25) is 0 Å². The van der Waals surface area contributed by atoms with Crippen molar-refractivity contribution >= 4 is 0 Å². The van der Waals surface area contributed by atoms with Crippen molar-refractivity contribution in [2.24, 2.45) is 0 Å². The van der Waals surface area contributed by atoms with Gasteiger partial charge in [0.1, 0.15) is 5.75 Å². The van der Waals surface area contributed by atoms with E-state index in [2.05, 4.69) is 5.32 Å². The van der Waals surface area contributed by atoms with E-state index >= 15 is 0 Å². The van der Waals surface area contributed by atoms with Crippen LogP contribution in [0.15, 0.2) is 18.2 Å². The van der Waals surface area contributed by atoms with Crippen molar-refractivity contribution in [3.8, 4) is 5.75 Å². The summed E-state index contributed by atoms with van der Waals surface area (Å²) in [7, 11) is 0. The van der Waals surface area contributed by atoms with Crippen LogP contribution in [0.1, 0.15) is 30.0 Å². The summed E-state index contributed by atoms with van der Waals surface area (Å²) in [5, 5.41) is 2.56. The van der Waals surface area contributed by atoms with Gasteiger partial charge in [0.25, 0.3) is 0 Å². The topological polar surface area (TPSA) is 21.3 Å². The molecule has 1 aromatic rings. The molecule has 1 aromatic carbocycles. The summed E-state index contributed by atoms with van der Waals surface area (Å²) >= 11 is 0. The Bertz CT molecular complexity index is 464. The lowest BCUT2D eigenvalue weighted by Crippen LogP contribution is -2.40. The summed E-state index contributed by atoms with van der Waals surface area (Å²) in [4.78, 5) is 0. The van der Waals surface area contributed by atoms with Gasteiger partial charge in [-0.15, -0.1) is 0 Å². The van der Waals surface area contributed by atoms with E-state index in [1.807, 2.05) is 19.1 Å². The van der Waals surface area contributed by atoms with Crippen LogP contribution >= 0.6 is 0 Å². The number of hydrogen-bond acceptors (Lipinski definition) is 2. The highest BCUT2D eigenvalue weighted by Gasteiger charge is 2.41. The van der Waals surface area contributed by atoms with Crippen molar-refractivity contribution in [2.45, 2.75) is 38.2 Å². The highest BCUT2D eigenvalue weighted by molar-refractivity contribution is 5.43. The fraction of sp³-hybridized carbons (Fsp3) is 0.571. The van der Waals surface area contributed by atoms with Gasteiger partial charge in [-0.2, -0.15) is 8.78 Å². The molecule has 0 radical (unpaired) electrons. The Morgan fingerprint density at radius 2 is 2.15 bits per heavy atom. The van der Waals surface area contributed by atoms with Crippen LogP contribution in [0.5, 0.6) is 5.75 Å². The molecular formula is C14H17F4NO. The lowest BCUT2D eigenvalue weighted by atomic mass is 9.99. The molecule has 0 saturated heterocycles. The van der Waals surface area contributed by atoms with Gasteiger partial charge >= 0.3 is 12.3 Å². The average Bonchev–Trinajstić information content (AvgIpc) is 2.59. The number of fused-ring (bicyclic) bond motifs is 1. The minimum atomic E-state index is -4.02. The van der Waals surface area contributed by atoms with E-state index in [0.717, 1.165) is 11.1 Å². The first-order chi connectivity index (χ1) is 9.42. The molecule has 2 nitrogen and oxygen atoms in total. The van der Waals surface area contributed by atoms with Crippen LogP contribution in [0.2, 0.25) is 0 Å². The Kier molecular flexibility index (Phi) is 4.52. The molecule has 1 aliphatic rings. The third-order valence-electron chi connectivity index (χ3n) is 3.40. The molecule has 0 saturated carbocycles. The Morgan fingerprint density at radius 1 is 1.40 bits per heavy atom. The van der Waals surface area contributed by atoms with Crippen LogP contribution in [0.4, 0.5) is 17.6 Å². The fourth-order valence-corrected chi connectivity index (χ4v) is 2.31. The van der Waals surface area contributed by atoms with Gasteiger partial charge in [0.15, 0.2) is 0 Å². The van der Waals surface area contributed by atoms with Crippen molar-refractivity contribution < 1.29 is 22.3 Å². The first kappa shape index (κ1) is 15.1. The van der Waals surface area contributed by atoms with Gasteiger partial charge in [-0.05, 0) is 25.3 Å². The summed E-state index contributed by atoms with van der Waals surface area (Å²) in [6.45, 7) is 1.33. The smallest absolute Gasteiger partial charge is 0.319 e. The number of hydrogen-bond donors (Lipinski definition) is 1. The lowest BCUT2D eigenvalue weighted by Gasteiger charge is -2.22. The molecular weight excluding hydrogens is 274 g/mol. The van der Waals surface area contributed by atoms with Crippen molar-refractivity contribution in [3.05, 3.63) is 29.3 Å². The van der Waals surface area contributed by atoms with E-state index in [9.17, 15) is 17.6 Å². The number of aryl methyl sites for hydroxylation is 1. The molecule has 1 N–H and O–H groups in total. The molecule has 1 atom stereocenters. The molecule has 1 unspecified atom stereocenters. The molecule has 20 heavy (non-hydrogen) atoms. The number of alkyl halides is 4. The largest absolute Gasteiger partial charge is 0.493 e. The molecule has 0 spiro atoms. The van der Waals surface area contributed by atoms with Gasteiger partial charge < -0.3 is 10.1 Å². The molecule has 0 amide bonds. The number of halogens is 4. The predicted octanol–water partition coefficient (Wildman–Crippen LogP) is 3.70. The minimum absolute atomic E-state index is 0.392. The lowest BCUT2D eigenvalue weighted by molar-refractivity contribution is -0.126. The maximum absolute atomic E-state index is 13.0. The van der Waals surface area contributed by atoms with Gasteiger partial charge in [0.05, 0.1) is 13.2 Å². The number of benzene rings is 1. The molecule has 0 bridgehead atoms. The maximum Gasteiger partial charge on any atom is 0.319 e. The van der Waals surface area contributed by atoms with Crippen molar-refractivity contribution in [2.75, 3.05) is 13.2 Å². The summed E-state index contributed by atoms with van der Waals surface area (Å²) in [6, 6.07) is 5.07. The summed E-state index contributed by atoms with van der Waals surface area (Å²) in [5.41, 5.74) is 1.67. The van der Waals surface area contributed by atoms with Crippen molar-refractivity contribution in [3.63, 3.8) is 0 Å².